The van der Waals surface area contributed by atoms with Crippen LogP contribution in [-0.4, -0.2) is 62.0 Å². The Morgan fingerprint density at radius 3 is 2.67 bits per heavy atom. The molecule has 0 bridgehead atoms. The van der Waals surface area contributed by atoms with Gasteiger partial charge in [-0.05, 0) is 55.2 Å². The van der Waals surface area contributed by atoms with E-state index in [1.807, 2.05) is 17.9 Å². The van der Waals surface area contributed by atoms with E-state index in [1.165, 1.54) is 6.07 Å². The number of carbonyl (C=O) groups is 1. The van der Waals surface area contributed by atoms with Crippen molar-refractivity contribution in [3.8, 4) is 17.1 Å². The molecule has 5 rings (SSSR count). The van der Waals surface area contributed by atoms with Crippen molar-refractivity contribution in [1.82, 2.24) is 19.4 Å². The van der Waals surface area contributed by atoms with Gasteiger partial charge in [-0.25, -0.2) is 14.4 Å². The van der Waals surface area contributed by atoms with Crippen LogP contribution >= 0.6 is 0 Å². The Morgan fingerprint density at radius 2 is 1.97 bits per heavy atom. The molecular formula is C27H27FN4O3S. The van der Waals surface area contributed by atoms with Crippen LogP contribution < -0.4 is 0 Å². The highest BCUT2D eigenvalue weighted by molar-refractivity contribution is 7.91. The molecule has 0 saturated carbocycles. The molecule has 0 N–H and O–H groups in total. The van der Waals surface area contributed by atoms with Crippen molar-refractivity contribution >= 4 is 28.0 Å². The molecule has 9 heteroatoms. The third-order valence-electron chi connectivity index (χ3n) is 6.84. The van der Waals surface area contributed by atoms with E-state index in [1.54, 1.807) is 66.9 Å². The summed E-state index contributed by atoms with van der Waals surface area (Å²) in [5, 5.41) is 0.761. The minimum atomic E-state index is -1.26. The molecule has 0 spiro atoms. The Balaban J connectivity index is 1.55. The number of halogens is 1. The first kappa shape index (κ1) is 24.4. The van der Waals surface area contributed by atoms with E-state index in [9.17, 15) is 13.7 Å². The van der Waals surface area contributed by atoms with E-state index in [0.717, 1.165) is 18.2 Å². The molecule has 36 heavy (non-hydrogen) atoms. The molecule has 7 nitrogen and oxygen atoms in total. The molecule has 3 atom stereocenters. The first-order chi connectivity index (χ1) is 17.4. The van der Waals surface area contributed by atoms with Crippen molar-refractivity contribution in [2.75, 3.05) is 19.9 Å². The first-order valence-corrected chi connectivity index (χ1v) is 13.3. The fourth-order valence-corrected chi connectivity index (χ4v) is 5.60. The van der Waals surface area contributed by atoms with E-state index >= 15 is 0 Å². The van der Waals surface area contributed by atoms with Crippen LogP contribution in [-0.2, 0) is 15.9 Å². The van der Waals surface area contributed by atoms with Crippen molar-refractivity contribution in [2.24, 2.45) is 0 Å². The van der Waals surface area contributed by atoms with Crippen LogP contribution in [0.2, 0.25) is 0 Å². The van der Waals surface area contributed by atoms with Crippen LogP contribution in [0.3, 0.4) is 0 Å². The zero-order chi connectivity index (χ0) is 25.4. The van der Waals surface area contributed by atoms with Gasteiger partial charge in [0.1, 0.15) is 12.1 Å². The molecule has 1 aliphatic heterocycles. The molecule has 2 aromatic heterocycles. The predicted octanol–water partition coefficient (Wildman–Crippen LogP) is 4.60. The number of fused-ring (bicyclic) bond motifs is 1. The summed E-state index contributed by atoms with van der Waals surface area (Å²) in [4.78, 5) is 24.9. The maximum absolute atomic E-state index is 14.2. The van der Waals surface area contributed by atoms with Crippen LogP contribution in [0.25, 0.3) is 28.0 Å². The van der Waals surface area contributed by atoms with E-state index in [2.05, 4.69) is 9.97 Å². The number of methoxy groups -OCH3 is 1. The summed E-state index contributed by atoms with van der Waals surface area (Å²) < 4.78 is 33.9. The lowest BCUT2D eigenvalue weighted by Crippen LogP contribution is -2.42. The number of rotatable bonds is 6. The first-order valence-electron chi connectivity index (χ1n) is 11.8. The number of hydrogen-bond acceptors (Lipinski definition) is 5. The molecule has 186 valence electrons. The third-order valence-corrected chi connectivity index (χ3v) is 7.78. The van der Waals surface area contributed by atoms with E-state index in [-0.39, 0.29) is 23.9 Å². The molecule has 1 fully saturated rings. The number of amides is 1. The lowest BCUT2D eigenvalue weighted by atomic mass is 10.1. The molecule has 0 aliphatic carbocycles. The van der Waals surface area contributed by atoms with Gasteiger partial charge in [0.25, 0.3) is 5.91 Å². The fourth-order valence-electron chi connectivity index (χ4n) is 4.86. The second-order valence-corrected chi connectivity index (χ2v) is 10.3. The summed E-state index contributed by atoms with van der Waals surface area (Å²) in [6.45, 7) is 2.66. The van der Waals surface area contributed by atoms with Gasteiger partial charge >= 0.3 is 0 Å². The van der Waals surface area contributed by atoms with Crippen LogP contribution in [0, 0.1) is 5.82 Å². The summed E-state index contributed by atoms with van der Waals surface area (Å²) in [6, 6.07) is 11.9. The SMILES string of the molecule is COC(C)[C@@H]1CCCN1C(=O)c1ccc2c([S+](C)[O-])cn(-c3ncc(-c4ccccc4F)cn3)c2c1. The summed E-state index contributed by atoms with van der Waals surface area (Å²) in [5.41, 5.74) is 2.18. The molecule has 1 aliphatic rings. The van der Waals surface area contributed by atoms with Crippen molar-refractivity contribution in [1.29, 1.82) is 0 Å². The normalized spacial score (nSPS) is 17.5. The highest BCUT2D eigenvalue weighted by atomic mass is 32.2. The van der Waals surface area contributed by atoms with Gasteiger partial charge in [-0.1, -0.05) is 18.2 Å². The van der Waals surface area contributed by atoms with Gasteiger partial charge < -0.3 is 14.2 Å². The maximum atomic E-state index is 14.2. The van der Waals surface area contributed by atoms with Gasteiger partial charge in [-0.2, -0.15) is 0 Å². The van der Waals surface area contributed by atoms with Gasteiger partial charge in [0.2, 0.25) is 5.95 Å². The minimum Gasteiger partial charge on any atom is -0.612 e. The zero-order valence-electron chi connectivity index (χ0n) is 20.3. The molecule has 4 aromatic rings. The molecule has 0 radical (unpaired) electrons. The lowest BCUT2D eigenvalue weighted by Gasteiger charge is -2.28. The number of carbonyl (C=O) groups excluding carboxylic acids is 1. The molecule has 1 saturated heterocycles. The van der Waals surface area contributed by atoms with E-state index < -0.39 is 11.2 Å². The standard InChI is InChI=1S/C27H27FN4O3S/c1-17(35-2)23-9-6-12-31(23)26(33)18-10-11-21-24(13-18)32(16-25(21)36(3)34)27-29-14-19(15-30-27)20-7-4-5-8-22(20)28/h4-5,7-8,10-11,13-17,23H,6,9,12H2,1-3H3/t17?,23-,36?/m0/s1. The quantitative estimate of drug-likeness (QED) is 0.357. The number of hydrogen-bond donors (Lipinski definition) is 0. The summed E-state index contributed by atoms with van der Waals surface area (Å²) in [6.07, 6.45) is 8.25. The smallest absolute Gasteiger partial charge is 0.254 e. The van der Waals surface area contributed by atoms with Gasteiger partial charge in [-0.3, -0.25) is 9.36 Å². The highest BCUT2D eigenvalue weighted by Crippen LogP contribution is 2.31. The molecule has 2 unspecified atom stereocenters. The Labute approximate surface area is 212 Å². The Morgan fingerprint density at radius 1 is 1.22 bits per heavy atom. The summed E-state index contributed by atoms with van der Waals surface area (Å²) in [5.74, 6) is -0.0745. The van der Waals surface area contributed by atoms with Crippen molar-refractivity contribution in [3.05, 3.63) is 72.4 Å². The second-order valence-electron chi connectivity index (χ2n) is 8.95. The second kappa shape index (κ2) is 10.0. The fraction of sp³-hybridized carbons (Fsp3) is 0.296. The minimum absolute atomic E-state index is 0.0259. The molecule has 3 heterocycles. The Hall–Kier alpha value is -3.27. The van der Waals surface area contributed by atoms with Crippen molar-refractivity contribution in [3.63, 3.8) is 0 Å². The van der Waals surface area contributed by atoms with Crippen molar-refractivity contribution < 1.29 is 18.5 Å². The summed E-state index contributed by atoms with van der Waals surface area (Å²) in [7, 11) is 1.66. The molecule has 1 amide bonds. The lowest BCUT2D eigenvalue weighted by molar-refractivity contribution is 0.0355. The zero-order valence-corrected chi connectivity index (χ0v) is 21.2. The van der Waals surface area contributed by atoms with Crippen LogP contribution in [0.1, 0.15) is 30.1 Å². The Kier molecular flexibility index (Phi) is 6.79. The third kappa shape index (κ3) is 4.38. The van der Waals surface area contributed by atoms with E-state index in [0.29, 0.717) is 39.6 Å². The maximum Gasteiger partial charge on any atom is 0.254 e. The molecule has 2 aromatic carbocycles. The largest absolute Gasteiger partial charge is 0.612 e. The number of ether oxygens (including phenoxy) is 1. The average Bonchev–Trinajstić information content (AvgIpc) is 3.53. The highest BCUT2D eigenvalue weighted by Gasteiger charge is 2.33. The number of aromatic nitrogens is 3. The topological polar surface area (TPSA) is 83.3 Å². The molecular weight excluding hydrogens is 479 g/mol. The number of likely N-dealkylation sites (tertiary alicyclic amines) is 1. The van der Waals surface area contributed by atoms with Gasteiger partial charge in [0.15, 0.2) is 4.90 Å². The van der Waals surface area contributed by atoms with Gasteiger partial charge in [0.05, 0.1) is 29.2 Å². The van der Waals surface area contributed by atoms with Crippen LogP contribution in [0.15, 0.2) is 66.0 Å². The number of nitrogens with zero attached hydrogens (tertiary/aromatic N) is 4. The monoisotopic (exact) mass is 506 g/mol. The van der Waals surface area contributed by atoms with E-state index in [4.69, 9.17) is 4.74 Å². The average molecular weight is 507 g/mol. The van der Waals surface area contributed by atoms with Crippen LogP contribution in [0.4, 0.5) is 4.39 Å². The van der Waals surface area contributed by atoms with Gasteiger partial charge in [-0.15, -0.1) is 0 Å². The van der Waals surface area contributed by atoms with Crippen LogP contribution in [0.5, 0.6) is 0 Å². The summed E-state index contributed by atoms with van der Waals surface area (Å²) >= 11 is -1.26. The predicted molar refractivity (Wildman–Crippen MR) is 137 cm³/mol. The Bertz CT molecular complexity index is 1410. The van der Waals surface area contributed by atoms with Gasteiger partial charge in [0, 0.05) is 42.7 Å². The van der Waals surface area contributed by atoms with Crippen molar-refractivity contribution in [2.45, 2.75) is 36.8 Å². The number of benzene rings is 2.